The van der Waals surface area contributed by atoms with Crippen molar-refractivity contribution in [2.24, 2.45) is 0 Å². The number of nitrogens with two attached hydrogens (primary N) is 1. The summed E-state index contributed by atoms with van der Waals surface area (Å²) in [5.41, 5.74) is 6.87. The molecule has 1 aliphatic heterocycles. The largest absolute Gasteiger partial charge is 0.369 e. The molecule has 0 unspecified atom stereocenters. The van der Waals surface area contributed by atoms with E-state index in [4.69, 9.17) is 5.73 Å². The normalized spacial score (nSPS) is 17.6. The summed E-state index contributed by atoms with van der Waals surface area (Å²) in [6.45, 7) is 1.21. The fourth-order valence-corrected chi connectivity index (χ4v) is 3.79. The van der Waals surface area contributed by atoms with Gasteiger partial charge < -0.3 is 10.7 Å². The van der Waals surface area contributed by atoms with Gasteiger partial charge in [0.05, 0.1) is 15.9 Å². The highest BCUT2D eigenvalue weighted by Gasteiger charge is 2.27. The third-order valence-corrected chi connectivity index (χ3v) is 5.07. The number of nitrogen functional groups attached to an aromatic ring is 1. The molecule has 3 rings (SSSR count). The first-order valence-corrected chi connectivity index (χ1v) is 7.27. The van der Waals surface area contributed by atoms with Crippen molar-refractivity contribution < 1.29 is 8.42 Å². The van der Waals surface area contributed by atoms with Gasteiger partial charge in [-0.1, -0.05) is 0 Å². The number of anilines is 1. The molecule has 1 saturated heterocycles. The number of benzene rings is 1. The van der Waals surface area contributed by atoms with Crippen LogP contribution in [0, 0.1) is 0 Å². The van der Waals surface area contributed by atoms with Crippen LogP contribution < -0.4 is 5.73 Å². The summed E-state index contributed by atoms with van der Waals surface area (Å²) < 4.78 is 26.2. The molecule has 1 aliphatic rings. The number of nitrogens with one attached hydrogen (secondary N) is 1. The molecule has 0 aliphatic carbocycles. The molecule has 1 aromatic carbocycles. The summed E-state index contributed by atoms with van der Waals surface area (Å²) in [5, 5.41) is 0. The number of H-pyrrole nitrogens is 1. The average molecular weight is 266 g/mol. The second kappa shape index (κ2) is 3.96. The van der Waals surface area contributed by atoms with Gasteiger partial charge in [0.25, 0.3) is 0 Å². The van der Waals surface area contributed by atoms with Crippen LogP contribution in [0.15, 0.2) is 23.1 Å². The SMILES string of the molecule is Nc1nc2ccc(S(=O)(=O)N3CCCC3)cc2[nH]1. The van der Waals surface area contributed by atoms with E-state index in [-0.39, 0.29) is 0 Å². The number of imidazole rings is 1. The number of hydrogen-bond donors (Lipinski definition) is 2. The highest BCUT2D eigenvalue weighted by atomic mass is 32.2. The Morgan fingerprint density at radius 1 is 1.28 bits per heavy atom. The van der Waals surface area contributed by atoms with Crippen LogP contribution in [0.3, 0.4) is 0 Å². The molecule has 0 bridgehead atoms. The van der Waals surface area contributed by atoms with Crippen LogP contribution in [-0.2, 0) is 10.0 Å². The quantitative estimate of drug-likeness (QED) is 0.845. The van der Waals surface area contributed by atoms with Crippen LogP contribution in [0.2, 0.25) is 0 Å². The minimum absolute atomic E-state index is 0.292. The first-order valence-electron chi connectivity index (χ1n) is 5.83. The molecular formula is C11H14N4O2S. The van der Waals surface area contributed by atoms with Gasteiger partial charge in [-0.25, -0.2) is 13.4 Å². The van der Waals surface area contributed by atoms with Gasteiger partial charge in [0.1, 0.15) is 0 Å². The van der Waals surface area contributed by atoms with E-state index in [1.807, 2.05) is 0 Å². The summed E-state index contributed by atoms with van der Waals surface area (Å²) in [6, 6.07) is 4.84. The van der Waals surface area contributed by atoms with Gasteiger partial charge in [-0.05, 0) is 31.0 Å². The first kappa shape index (κ1) is 11.5. The summed E-state index contributed by atoms with van der Waals surface area (Å²) in [7, 11) is -3.38. The molecule has 2 heterocycles. The van der Waals surface area contributed by atoms with E-state index < -0.39 is 10.0 Å². The van der Waals surface area contributed by atoms with Crippen LogP contribution in [0.4, 0.5) is 5.95 Å². The summed E-state index contributed by atoms with van der Waals surface area (Å²) in [5.74, 6) is 0.292. The van der Waals surface area contributed by atoms with Gasteiger partial charge in [0, 0.05) is 13.1 Å². The predicted octanol–water partition coefficient (Wildman–Crippen LogP) is 0.930. The number of fused-ring (bicyclic) bond motifs is 1. The molecule has 0 radical (unpaired) electrons. The minimum atomic E-state index is -3.38. The second-order valence-corrected chi connectivity index (χ2v) is 6.35. The summed E-state index contributed by atoms with van der Waals surface area (Å²) >= 11 is 0. The van der Waals surface area contributed by atoms with Crippen molar-refractivity contribution >= 4 is 27.0 Å². The summed E-state index contributed by atoms with van der Waals surface area (Å²) in [4.78, 5) is 7.19. The maximum absolute atomic E-state index is 12.3. The maximum Gasteiger partial charge on any atom is 0.243 e. The third-order valence-electron chi connectivity index (χ3n) is 3.17. The van der Waals surface area contributed by atoms with E-state index in [0.29, 0.717) is 35.0 Å². The molecule has 3 N–H and O–H groups in total. The van der Waals surface area contributed by atoms with Crippen LogP contribution in [-0.4, -0.2) is 35.8 Å². The molecule has 96 valence electrons. The van der Waals surface area contributed by atoms with Gasteiger partial charge in [-0.2, -0.15) is 4.31 Å². The van der Waals surface area contributed by atoms with Crippen molar-refractivity contribution in [1.29, 1.82) is 0 Å². The fourth-order valence-electron chi connectivity index (χ4n) is 2.25. The van der Waals surface area contributed by atoms with Crippen molar-refractivity contribution in [3.05, 3.63) is 18.2 Å². The summed E-state index contributed by atoms with van der Waals surface area (Å²) in [6.07, 6.45) is 1.86. The fraction of sp³-hybridized carbons (Fsp3) is 0.364. The zero-order valence-electron chi connectivity index (χ0n) is 9.76. The molecule has 1 fully saturated rings. The van der Waals surface area contributed by atoms with Crippen molar-refractivity contribution in [3.63, 3.8) is 0 Å². The maximum atomic E-state index is 12.3. The van der Waals surface area contributed by atoms with Crippen LogP contribution in [0.5, 0.6) is 0 Å². The number of nitrogens with zero attached hydrogens (tertiary/aromatic N) is 2. The Morgan fingerprint density at radius 2 is 2.00 bits per heavy atom. The number of aromatic nitrogens is 2. The Labute approximate surface area is 105 Å². The zero-order valence-corrected chi connectivity index (χ0v) is 10.6. The molecule has 0 amide bonds. The second-order valence-electron chi connectivity index (χ2n) is 4.41. The number of aromatic amines is 1. The topological polar surface area (TPSA) is 92.1 Å². The highest BCUT2D eigenvalue weighted by Crippen LogP contribution is 2.23. The van der Waals surface area contributed by atoms with Crippen LogP contribution in [0.1, 0.15) is 12.8 Å². The first-order chi connectivity index (χ1) is 8.57. The van der Waals surface area contributed by atoms with E-state index in [1.54, 1.807) is 18.2 Å². The number of rotatable bonds is 2. The molecule has 2 aromatic rings. The molecule has 7 heteroatoms. The van der Waals surface area contributed by atoms with E-state index in [0.717, 1.165) is 12.8 Å². The van der Waals surface area contributed by atoms with Crippen LogP contribution >= 0.6 is 0 Å². The predicted molar refractivity (Wildman–Crippen MR) is 68.5 cm³/mol. The van der Waals surface area contributed by atoms with Crippen molar-refractivity contribution in [2.75, 3.05) is 18.8 Å². The lowest BCUT2D eigenvalue weighted by Gasteiger charge is -2.15. The Balaban J connectivity index is 2.07. The lowest BCUT2D eigenvalue weighted by atomic mass is 10.3. The smallest absolute Gasteiger partial charge is 0.243 e. The lowest BCUT2D eigenvalue weighted by Crippen LogP contribution is -2.27. The van der Waals surface area contributed by atoms with Crippen LogP contribution in [0.25, 0.3) is 11.0 Å². The Morgan fingerprint density at radius 3 is 2.72 bits per heavy atom. The van der Waals surface area contributed by atoms with Crippen molar-refractivity contribution in [3.8, 4) is 0 Å². The molecule has 18 heavy (non-hydrogen) atoms. The van der Waals surface area contributed by atoms with Gasteiger partial charge in [0.15, 0.2) is 5.95 Å². The average Bonchev–Trinajstić information content (AvgIpc) is 2.95. The van der Waals surface area contributed by atoms with Crippen molar-refractivity contribution in [1.82, 2.24) is 14.3 Å². The molecule has 0 saturated carbocycles. The molecular weight excluding hydrogens is 252 g/mol. The van der Waals surface area contributed by atoms with E-state index >= 15 is 0 Å². The lowest BCUT2D eigenvalue weighted by molar-refractivity contribution is 0.477. The Kier molecular flexibility index (Phi) is 2.53. The molecule has 0 spiro atoms. The van der Waals surface area contributed by atoms with E-state index in [1.165, 1.54) is 4.31 Å². The Hall–Kier alpha value is -1.60. The molecule has 6 nitrogen and oxygen atoms in total. The van der Waals surface area contributed by atoms with Gasteiger partial charge in [-0.3, -0.25) is 0 Å². The van der Waals surface area contributed by atoms with Gasteiger partial charge in [-0.15, -0.1) is 0 Å². The van der Waals surface area contributed by atoms with E-state index in [9.17, 15) is 8.42 Å². The highest BCUT2D eigenvalue weighted by molar-refractivity contribution is 7.89. The zero-order chi connectivity index (χ0) is 12.8. The Bertz CT molecular complexity index is 686. The number of sulfonamides is 1. The van der Waals surface area contributed by atoms with E-state index in [2.05, 4.69) is 9.97 Å². The molecule has 1 aromatic heterocycles. The number of hydrogen-bond acceptors (Lipinski definition) is 4. The third kappa shape index (κ3) is 1.75. The van der Waals surface area contributed by atoms with Gasteiger partial charge >= 0.3 is 0 Å². The standard InChI is InChI=1S/C11H14N4O2S/c12-11-13-9-4-3-8(7-10(9)14-11)18(16,17)15-5-1-2-6-15/h3-4,7H,1-2,5-6H2,(H3,12,13,14). The monoisotopic (exact) mass is 266 g/mol. The minimum Gasteiger partial charge on any atom is -0.369 e. The molecule has 0 atom stereocenters. The van der Waals surface area contributed by atoms with Gasteiger partial charge in [0.2, 0.25) is 10.0 Å². The van der Waals surface area contributed by atoms with Crippen molar-refractivity contribution in [2.45, 2.75) is 17.7 Å².